The van der Waals surface area contributed by atoms with Crippen molar-refractivity contribution in [3.05, 3.63) is 30.3 Å². The largest absolute Gasteiger partial charge is 0.339 e. The molecule has 0 spiro atoms. The highest BCUT2D eigenvalue weighted by molar-refractivity contribution is 5.47. The summed E-state index contributed by atoms with van der Waals surface area (Å²) in [6, 6.07) is 6.16. The molecule has 1 saturated carbocycles. The Kier molecular flexibility index (Phi) is 4.06. The second-order valence-electron chi connectivity index (χ2n) is 5.33. The third-order valence-corrected chi connectivity index (χ3v) is 3.60. The topological polar surface area (TPSA) is 63.8 Å². The predicted octanol–water partition coefficient (Wildman–Crippen LogP) is 2.45. The van der Waals surface area contributed by atoms with Crippen LogP contribution in [0.2, 0.25) is 0 Å². The molecule has 1 aliphatic carbocycles. The van der Waals surface area contributed by atoms with E-state index in [1.165, 1.54) is 12.8 Å². The van der Waals surface area contributed by atoms with E-state index in [9.17, 15) is 0 Å². The highest BCUT2D eigenvalue weighted by Crippen LogP contribution is 2.34. The first-order valence-electron chi connectivity index (χ1n) is 7.34. The fourth-order valence-electron chi connectivity index (χ4n) is 2.36. The van der Waals surface area contributed by atoms with Gasteiger partial charge in [0.05, 0.1) is 0 Å². The zero-order chi connectivity index (χ0) is 13.8. The van der Waals surface area contributed by atoms with Crippen LogP contribution in [0.4, 0.5) is 0 Å². The van der Waals surface area contributed by atoms with Gasteiger partial charge < -0.3 is 9.84 Å². The lowest BCUT2D eigenvalue weighted by Gasteiger charge is -2.15. The average Bonchev–Trinajstić information content (AvgIpc) is 3.23. The molecule has 0 amide bonds. The molecule has 1 atom stereocenters. The molecule has 106 valence electrons. The Morgan fingerprint density at radius 3 is 3.00 bits per heavy atom. The fraction of sp³-hybridized carbons (Fsp3) is 0.533. The molecule has 1 N–H and O–H groups in total. The van der Waals surface area contributed by atoms with Gasteiger partial charge in [0.2, 0.25) is 11.7 Å². The van der Waals surface area contributed by atoms with Crippen molar-refractivity contribution >= 4 is 0 Å². The van der Waals surface area contributed by atoms with Crippen LogP contribution in [-0.4, -0.2) is 27.7 Å². The summed E-state index contributed by atoms with van der Waals surface area (Å²) in [5.41, 5.74) is 0.756. The van der Waals surface area contributed by atoms with Crippen molar-refractivity contribution in [2.75, 3.05) is 6.54 Å². The van der Waals surface area contributed by atoms with E-state index in [4.69, 9.17) is 4.52 Å². The molecule has 0 aliphatic heterocycles. The summed E-state index contributed by atoms with van der Waals surface area (Å²) in [7, 11) is 0. The highest BCUT2D eigenvalue weighted by Gasteiger charge is 2.32. The molecule has 2 aromatic rings. The summed E-state index contributed by atoms with van der Waals surface area (Å²) in [5, 5.41) is 7.61. The van der Waals surface area contributed by atoms with Crippen molar-refractivity contribution in [3.63, 3.8) is 0 Å². The van der Waals surface area contributed by atoms with Gasteiger partial charge in [0.25, 0.3) is 0 Å². The van der Waals surface area contributed by atoms with E-state index in [1.54, 1.807) is 6.20 Å². The summed E-state index contributed by atoms with van der Waals surface area (Å²) in [6.07, 6.45) is 6.31. The minimum atomic E-state index is 0.465. The molecule has 1 aliphatic rings. The van der Waals surface area contributed by atoms with Crippen LogP contribution in [0.5, 0.6) is 0 Å². The maximum atomic E-state index is 5.37. The third-order valence-electron chi connectivity index (χ3n) is 3.60. The van der Waals surface area contributed by atoms with Crippen LogP contribution < -0.4 is 5.32 Å². The van der Waals surface area contributed by atoms with Gasteiger partial charge in [0.1, 0.15) is 5.69 Å². The van der Waals surface area contributed by atoms with Gasteiger partial charge in [-0.25, -0.2) is 0 Å². The molecule has 5 heteroatoms. The number of hydrogen-bond donors (Lipinski definition) is 1. The second kappa shape index (κ2) is 6.13. The molecule has 1 unspecified atom stereocenters. The Bertz CT molecular complexity index is 536. The molecule has 3 rings (SSSR count). The summed E-state index contributed by atoms with van der Waals surface area (Å²) in [5.74, 6) is 2.04. The van der Waals surface area contributed by atoms with Gasteiger partial charge >= 0.3 is 0 Å². The van der Waals surface area contributed by atoms with E-state index >= 15 is 0 Å². The SMILES string of the molecule is CCCNC(Cc1nc(-c2ccccn2)no1)C1CC1. The van der Waals surface area contributed by atoms with E-state index in [0.29, 0.717) is 17.8 Å². The van der Waals surface area contributed by atoms with Crippen molar-refractivity contribution < 1.29 is 4.52 Å². The van der Waals surface area contributed by atoms with Gasteiger partial charge in [-0.15, -0.1) is 0 Å². The maximum Gasteiger partial charge on any atom is 0.228 e. The summed E-state index contributed by atoms with van der Waals surface area (Å²) < 4.78 is 5.37. The number of rotatable bonds is 7. The standard InChI is InChI=1S/C15H20N4O/c1-2-8-16-13(11-6-7-11)10-14-18-15(19-20-14)12-5-3-4-9-17-12/h3-5,9,11,13,16H,2,6-8,10H2,1H3. The summed E-state index contributed by atoms with van der Waals surface area (Å²) in [4.78, 5) is 8.70. The fourth-order valence-corrected chi connectivity index (χ4v) is 2.36. The Labute approximate surface area is 118 Å². The summed E-state index contributed by atoms with van der Waals surface area (Å²) in [6.45, 7) is 3.23. The minimum absolute atomic E-state index is 0.465. The molecule has 0 bridgehead atoms. The smallest absolute Gasteiger partial charge is 0.228 e. The second-order valence-corrected chi connectivity index (χ2v) is 5.33. The van der Waals surface area contributed by atoms with Crippen molar-refractivity contribution in [2.24, 2.45) is 5.92 Å². The Hall–Kier alpha value is -1.75. The molecule has 20 heavy (non-hydrogen) atoms. The monoisotopic (exact) mass is 272 g/mol. The molecule has 0 saturated heterocycles. The zero-order valence-corrected chi connectivity index (χ0v) is 11.7. The molecule has 0 aromatic carbocycles. The van der Waals surface area contributed by atoms with E-state index in [0.717, 1.165) is 31.0 Å². The van der Waals surface area contributed by atoms with Gasteiger partial charge in [-0.2, -0.15) is 4.98 Å². The Morgan fingerprint density at radius 2 is 2.30 bits per heavy atom. The van der Waals surface area contributed by atoms with Gasteiger partial charge in [-0.3, -0.25) is 4.98 Å². The molecule has 1 fully saturated rings. The van der Waals surface area contributed by atoms with Crippen LogP contribution in [0.15, 0.2) is 28.9 Å². The van der Waals surface area contributed by atoms with E-state index < -0.39 is 0 Å². The zero-order valence-electron chi connectivity index (χ0n) is 11.7. The first-order valence-corrected chi connectivity index (χ1v) is 7.34. The van der Waals surface area contributed by atoms with Crippen LogP contribution >= 0.6 is 0 Å². The number of nitrogens with one attached hydrogen (secondary N) is 1. The minimum Gasteiger partial charge on any atom is -0.339 e. The van der Waals surface area contributed by atoms with E-state index in [1.807, 2.05) is 18.2 Å². The first-order chi connectivity index (χ1) is 9.86. The van der Waals surface area contributed by atoms with Crippen molar-refractivity contribution in [3.8, 4) is 11.5 Å². The first kappa shape index (κ1) is 13.2. The number of nitrogens with zero attached hydrogens (tertiary/aromatic N) is 3. The molecule has 2 aromatic heterocycles. The molecule has 2 heterocycles. The van der Waals surface area contributed by atoms with Gasteiger partial charge in [-0.1, -0.05) is 18.1 Å². The lowest BCUT2D eigenvalue weighted by molar-refractivity contribution is 0.346. The van der Waals surface area contributed by atoms with Crippen molar-refractivity contribution in [2.45, 2.75) is 38.6 Å². The number of aromatic nitrogens is 3. The third kappa shape index (κ3) is 3.22. The van der Waals surface area contributed by atoms with Crippen LogP contribution in [0.3, 0.4) is 0 Å². The van der Waals surface area contributed by atoms with Gasteiger partial charge in [-0.05, 0) is 43.9 Å². The van der Waals surface area contributed by atoms with Gasteiger partial charge in [0.15, 0.2) is 0 Å². The quantitative estimate of drug-likeness (QED) is 0.838. The molecular weight excluding hydrogens is 252 g/mol. The average molecular weight is 272 g/mol. The van der Waals surface area contributed by atoms with Crippen LogP contribution in [0.1, 0.15) is 32.1 Å². The maximum absolute atomic E-state index is 5.37. The van der Waals surface area contributed by atoms with Crippen LogP contribution in [-0.2, 0) is 6.42 Å². The normalized spacial score (nSPS) is 16.2. The highest BCUT2D eigenvalue weighted by atomic mass is 16.5. The molecule has 5 nitrogen and oxygen atoms in total. The van der Waals surface area contributed by atoms with Crippen LogP contribution in [0.25, 0.3) is 11.5 Å². The molecular formula is C15H20N4O. The van der Waals surface area contributed by atoms with E-state index in [2.05, 4.69) is 27.4 Å². The Morgan fingerprint density at radius 1 is 1.40 bits per heavy atom. The Balaban J connectivity index is 1.67. The predicted molar refractivity (Wildman–Crippen MR) is 76.0 cm³/mol. The lowest BCUT2D eigenvalue weighted by atomic mass is 10.1. The van der Waals surface area contributed by atoms with Crippen molar-refractivity contribution in [1.29, 1.82) is 0 Å². The lowest BCUT2D eigenvalue weighted by Crippen LogP contribution is -2.33. The van der Waals surface area contributed by atoms with Gasteiger partial charge in [0, 0.05) is 18.7 Å². The van der Waals surface area contributed by atoms with E-state index in [-0.39, 0.29) is 0 Å². The van der Waals surface area contributed by atoms with Crippen molar-refractivity contribution in [1.82, 2.24) is 20.4 Å². The summed E-state index contributed by atoms with van der Waals surface area (Å²) >= 11 is 0. The number of pyridine rings is 1. The molecule has 0 radical (unpaired) electrons. The number of hydrogen-bond acceptors (Lipinski definition) is 5. The van der Waals surface area contributed by atoms with Crippen LogP contribution in [0, 0.1) is 5.92 Å².